The minimum absolute atomic E-state index is 0.0152. The molecule has 1 saturated heterocycles. The number of nitro benzene ring substituents is 1. The SMILES string of the molecule is O=C(OCc1ccc([N+](=O)[O-])cc1)[C@H](Cc1ccccc1)N1C(=O)[C@H]2[C@H](C1=O)C1(Cl)c3ccccc3C2(Cl)c2ccccc21. The highest BCUT2D eigenvalue weighted by atomic mass is 35.5. The van der Waals surface area contributed by atoms with Crippen LogP contribution in [0.2, 0.25) is 0 Å². The second-order valence-electron chi connectivity index (χ2n) is 11.3. The highest BCUT2D eigenvalue weighted by molar-refractivity contribution is 6.36. The fraction of sp³-hybridized carbons (Fsp3) is 0.206. The van der Waals surface area contributed by atoms with E-state index in [0.717, 1.165) is 10.5 Å². The number of ether oxygens (including phenoxy) is 1. The topological polar surface area (TPSA) is 107 Å². The molecule has 10 heteroatoms. The molecule has 0 radical (unpaired) electrons. The molecule has 3 aliphatic carbocycles. The van der Waals surface area contributed by atoms with Crippen LogP contribution in [-0.4, -0.2) is 33.6 Å². The maximum absolute atomic E-state index is 14.5. The number of nitrogens with zero attached hydrogens (tertiary/aromatic N) is 2. The molecule has 2 amide bonds. The van der Waals surface area contributed by atoms with Gasteiger partial charge in [0, 0.05) is 18.6 Å². The van der Waals surface area contributed by atoms with Gasteiger partial charge in [-0.05, 0) is 45.5 Å². The molecule has 0 aromatic heterocycles. The van der Waals surface area contributed by atoms with Crippen molar-refractivity contribution in [1.29, 1.82) is 0 Å². The fourth-order valence-electron chi connectivity index (χ4n) is 7.08. The summed E-state index contributed by atoms with van der Waals surface area (Å²) in [6, 6.07) is 28.0. The van der Waals surface area contributed by atoms with E-state index in [1.165, 1.54) is 24.3 Å². The summed E-state index contributed by atoms with van der Waals surface area (Å²) in [7, 11) is 0. The lowest BCUT2D eigenvalue weighted by molar-refractivity contribution is -0.384. The molecule has 4 aliphatic rings. The van der Waals surface area contributed by atoms with Crippen molar-refractivity contribution >= 4 is 46.7 Å². The van der Waals surface area contributed by atoms with Gasteiger partial charge in [0.2, 0.25) is 11.8 Å². The third-order valence-electron chi connectivity index (χ3n) is 9.00. The van der Waals surface area contributed by atoms with E-state index in [-0.39, 0.29) is 18.7 Å². The van der Waals surface area contributed by atoms with Crippen molar-refractivity contribution in [3.05, 3.63) is 147 Å². The van der Waals surface area contributed by atoms with Crippen LogP contribution >= 0.6 is 23.2 Å². The van der Waals surface area contributed by atoms with E-state index >= 15 is 0 Å². The van der Waals surface area contributed by atoms with Crippen molar-refractivity contribution in [3.8, 4) is 0 Å². The number of halogens is 2. The molecule has 4 aromatic rings. The third-order valence-corrected chi connectivity index (χ3v) is 10.3. The van der Waals surface area contributed by atoms with Crippen LogP contribution in [-0.2, 0) is 41.9 Å². The molecule has 220 valence electrons. The normalized spacial score (nSPS) is 25.2. The lowest BCUT2D eigenvalue weighted by Gasteiger charge is -2.54. The third kappa shape index (κ3) is 3.94. The molecule has 8 rings (SSSR count). The van der Waals surface area contributed by atoms with Gasteiger partial charge < -0.3 is 4.74 Å². The minimum atomic E-state index is -1.38. The van der Waals surface area contributed by atoms with Crippen LogP contribution < -0.4 is 0 Å². The van der Waals surface area contributed by atoms with Crippen LogP contribution in [0.3, 0.4) is 0 Å². The highest BCUT2D eigenvalue weighted by Gasteiger charge is 2.73. The smallest absolute Gasteiger partial charge is 0.330 e. The number of amides is 2. The van der Waals surface area contributed by atoms with E-state index in [1.807, 2.05) is 54.6 Å². The van der Waals surface area contributed by atoms with Crippen molar-refractivity contribution in [2.24, 2.45) is 11.8 Å². The number of esters is 1. The Labute approximate surface area is 262 Å². The molecule has 1 heterocycles. The molecule has 0 N–H and O–H groups in total. The van der Waals surface area contributed by atoms with Crippen molar-refractivity contribution in [1.82, 2.24) is 4.90 Å². The van der Waals surface area contributed by atoms with Crippen LogP contribution in [0.5, 0.6) is 0 Å². The first-order chi connectivity index (χ1) is 21.2. The number of rotatable bonds is 7. The summed E-state index contributed by atoms with van der Waals surface area (Å²) >= 11 is 15.1. The maximum Gasteiger partial charge on any atom is 0.330 e. The van der Waals surface area contributed by atoms with E-state index in [9.17, 15) is 24.5 Å². The summed E-state index contributed by atoms with van der Waals surface area (Å²) in [6.45, 7) is -0.207. The molecule has 4 aromatic carbocycles. The van der Waals surface area contributed by atoms with Crippen LogP contribution in [0.15, 0.2) is 103 Å². The average Bonchev–Trinajstić information content (AvgIpc) is 3.32. The number of alkyl halides is 2. The van der Waals surface area contributed by atoms with E-state index < -0.39 is 50.3 Å². The summed E-state index contributed by atoms with van der Waals surface area (Å²) in [5, 5.41) is 11.0. The van der Waals surface area contributed by atoms with Gasteiger partial charge in [0.05, 0.1) is 16.8 Å². The molecule has 3 atom stereocenters. The molecule has 1 aliphatic heterocycles. The Morgan fingerprint density at radius 1 is 0.750 bits per heavy atom. The molecule has 0 saturated carbocycles. The predicted octanol–water partition coefficient (Wildman–Crippen LogP) is 5.84. The fourth-order valence-corrected chi connectivity index (χ4v) is 8.18. The average molecular weight is 627 g/mol. The Morgan fingerprint density at radius 2 is 1.20 bits per heavy atom. The number of carbonyl (C=O) groups excluding carboxylic acids is 3. The zero-order valence-electron chi connectivity index (χ0n) is 23.1. The Kier molecular flexibility index (Phi) is 6.60. The van der Waals surface area contributed by atoms with Crippen molar-refractivity contribution in [2.45, 2.75) is 28.8 Å². The zero-order valence-corrected chi connectivity index (χ0v) is 24.6. The number of hydrogen-bond donors (Lipinski definition) is 0. The number of carbonyl (C=O) groups is 3. The van der Waals surface area contributed by atoms with E-state index in [1.54, 1.807) is 24.3 Å². The van der Waals surface area contributed by atoms with Crippen LogP contribution in [0.1, 0.15) is 33.4 Å². The number of likely N-dealkylation sites (tertiary alicyclic amines) is 1. The summed E-state index contributed by atoms with van der Waals surface area (Å²) in [5.74, 6) is -4.07. The number of nitro groups is 1. The van der Waals surface area contributed by atoms with Gasteiger partial charge in [-0.15, -0.1) is 23.2 Å². The molecule has 44 heavy (non-hydrogen) atoms. The first-order valence-corrected chi connectivity index (χ1v) is 14.8. The van der Waals surface area contributed by atoms with Gasteiger partial charge in [-0.25, -0.2) is 4.79 Å². The van der Waals surface area contributed by atoms with Crippen molar-refractivity contribution in [2.75, 3.05) is 0 Å². The number of hydrogen-bond acceptors (Lipinski definition) is 6. The maximum atomic E-state index is 14.5. The second kappa shape index (κ2) is 10.3. The quantitative estimate of drug-likeness (QED) is 0.0838. The van der Waals surface area contributed by atoms with Gasteiger partial charge in [-0.1, -0.05) is 78.9 Å². The summed E-state index contributed by atoms with van der Waals surface area (Å²) < 4.78 is 5.65. The van der Waals surface area contributed by atoms with Gasteiger partial charge >= 0.3 is 5.97 Å². The first-order valence-electron chi connectivity index (χ1n) is 14.1. The van der Waals surface area contributed by atoms with E-state index in [0.29, 0.717) is 27.8 Å². The number of imide groups is 1. The Bertz CT molecular complexity index is 1720. The number of non-ortho nitro benzene ring substituents is 1. The molecular formula is C34H24Cl2N2O6. The number of benzene rings is 4. The second-order valence-corrected chi connectivity index (χ2v) is 12.4. The first kappa shape index (κ1) is 28.3. The Hall–Kier alpha value is -4.53. The van der Waals surface area contributed by atoms with Crippen molar-refractivity contribution < 1.29 is 24.0 Å². The Morgan fingerprint density at radius 3 is 1.66 bits per heavy atom. The summed E-state index contributed by atoms with van der Waals surface area (Å²) in [5.41, 5.74) is 3.80. The van der Waals surface area contributed by atoms with Crippen molar-refractivity contribution in [3.63, 3.8) is 0 Å². The lowest BCUT2D eigenvalue weighted by Crippen LogP contribution is -2.57. The zero-order chi connectivity index (χ0) is 30.8. The summed E-state index contributed by atoms with van der Waals surface area (Å²) in [4.78, 5) is 51.6. The monoisotopic (exact) mass is 626 g/mol. The van der Waals surface area contributed by atoms with Gasteiger partial charge in [0.25, 0.3) is 5.69 Å². The predicted molar refractivity (Wildman–Crippen MR) is 162 cm³/mol. The van der Waals surface area contributed by atoms with Gasteiger partial charge in [-0.3, -0.25) is 24.6 Å². The Balaban J connectivity index is 1.29. The lowest BCUT2D eigenvalue weighted by atomic mass is 9.54. The molecule has 0 spiro atoms. The van der Waals surface area contributed by atoms with Gasteiger partial charge in [0.15, 0.2) is 0 Å². The summed E-state index contributed by atoms with van der Waals surface area (Å²) in [6.07, 6.45) is 0.0152. The minimum Gasteiger partial charge on any atom is -0.459 e. The standard InChI is InChI=1S/C34H24Cl2N2O6/c35-33-23-10-4-5-11-24(23)34(36,26-13-7-6-12-25(26)33)29-28(33)30(39)37(31(29)40)27(18-20-8-2-1-3-9-20)32(41)44-19-21-14-16-22(17-15-21)38(42)43/h1-17,27-29H,18-19H2/t27-,28+,29+,33?,34?/m0/s1. The van der Waals surface area contributed by atoms with Crippen LogP contribution in [0, 0.1) is 22.0 Å². The van der Waals surface area contributed by atoms with Crippen LogP contribution in [0.4, 0.5) is 5.69 Å². The van der Waals surface area contributed by atoms with Crippen LogP contribution in [0.25, 0.3) is 0 Å². The van der Waals surface area contributed by atoms with E-state index in [2.05, 4.69) is 0 Å². The molecule has 8 nitrogen and oxygen atoms in total. The molecule has 1 fully saturated rings. The molecule has 2 bridgehead atoms. The van der Waals surface area contributed by atoms with Gasteiger partial charge in [0.1, 0.15) is 22.4 Å². The van der Waals surface area contributed by atoms with E-state index in [4.69, 9.17) is 27.9 Å². The molecule has 0 unspecified atom stereocenters. The largest absolute Gasteiger partial charge is 0.459 e. The van der Waals surface area contributed by atoms with Gasteiger partial charge in [-0.2, -0.15) is 0 Å². The highest BCUT2D eigenvalue weighted by Crippen LogP contribution is 2.69. The molecular weight excluding hydrogens is 603 g/mol.